The van der Waals surface area contributed by atoms with Crippen LogP contribution in [0.1, 0.15) is 91.9 Å². The van der Waals surface area contributed by atoms with Gasteiger partial charge in [-0.3, -0.25) is 14.4 Å². The first-order chi connectivity index (χ1) is 20.9. The van der Waals surface area contributed by atoms with Crippen molar-refractivity contribution in [1.29, 1.82) is 0 Å². The molecule has 45 heavy (non-hydrogen) atoms. The number of esters is 1. The van der Waals surface area contributed by atoms with Crippen molar-refractivity contribution < 1.29 is 53.4 Å². The van der Waals surface area contributed by atoms with E-state index in [-0.39, 0.29) is 62.9 Å². The fourth-order valence-electron chi connectivity index (χ4n) is 10.6. The minimum atomic E-state index is -2.83. The largest absolute Gasteiger partial charge is 0.465 e. The third kappa shape index (κ3) is 4.74. The molecule has 0 amide bonds. The van der Waals surface area contributed by atoms with Gasteiger partial charge < -0.3 is 30.3 Å². The van der Waals surface area contributed by atoms with Crippen LogP contribution in [0.15, 0.2) is 11.6 Å². The van der Waals surface area contributed by atoms with Crippen LogP contribution in [0, 0.1) is 34.0 Å². The summed E-state index contributed by atoms with van der Waals surface area (Å²) in [4.78, 5) is 39.4. The summed E-state index contributed by atoms with van der Waals surface area (Å²) in [6.07, 6.45) is -3.25. The van der Waals surface area contributed by atoms with Crippen LogP contribution >= 0.6 is 11.8 Å². The lowest BCUT2D eigenvalue weighted by Gasteiger charge is -2.65. The van der Waals surface area contributed by atoms with E-state index in [1.54, 1.807) is 20.8 Å². The summed E-state index contributed by atoms with van der Waals surface area (Å²) in [7, 11) is 0. The Morgan fingerprint density at radius 3 is 2.36 bits per heavy atom. The van der Waals surface area contributed by atoms with E-state index in [1.807, 2.05) is 0 Å². The number of allylic oxidation sites excluding steroid dienone is 1. The van der Waals surface area contributed by atoms with Crippen molar-refractivity contribution >= 4 is 29.3 Å². The van der Waals surface area contributed by atoms with Crippen LogP contribution in [0.4, 0.5) is 8.78 Å². The van der Waals surface area contributed by atoms with Crippen molar-refractivity contribution in [2.24, 2.45) is 34.0 Å². The van der Waals surface area contributed by atoms with Gasteiger partial charge >= 0.3 is 5.97 Å². The third-order valence-electron chi connectivity index (χ3n) is 12.5. The van der Waals surface area contributed by atoms with Crippen molar-refractivity contribution in [2.45, 2.75) is 127 Å². The molecule has 1 saturated heterocycles. The fraction of sp³-hybridized carbons (Fsp3) is 0.848. The molecule has 0 radical (unpaired) electrons. The van der Waals surface area contributed by atoms with Gasteiger partial charge in [-0.1, -0.05) is 40.5 Å². The molecule has 5 N–H and O–H groups in total. The first-order valence-corrected chi connectivity index (χ1v) is 17.4. The lowest BCUT2D eigenvalue weighted by atomic mass is 9.41. The Hall–Kier alpha value is -1.44. The number of cyclic esters (lactones) is 1. The van der Waals surface area contributed by atoms with Crippen molar-refractivity contribution in [3.05, 3.63) is 11.6 Å². The zero-order chi connectivity index (χ0) is 33.4. The number of carbonyl (C=O) groups excluding carboxylic acids is 3. The van der Waals surface area contributed by atoms with Crippen LogP contribution in [0.2, 0.25) is 0 Å². The van der Waals surface area contributed by atoms with Crippen molar-refractivity contribution in [1.82, 2.24) is 0 Å². The van der Waals surface area contributed by atoms with E-state index in [4.69, 9.17) is 4.74 Å². The number of ketones is 2. The molecule has 3 saturated carbocycles. The molecule has 5 rings (SSSR count). The standard InChI is InChI=1S/C33H48F2O9S/c1-5-9-30(40,41)24-15-19-20-14-22(34)21-13-18(36)7-11-28(21,3)33(20,35)25(37)16-29(19,4)32(24,31(42,43)10-6-2)26(38)17-45-23-8-12-44-27(23)39/h13,19-20,22-25,37,40-43H,5-12,14-17H2,1-4H3/t19-,20-,22?,23?,24?,25?,28-,29-,32-,33-/m0/s1. The Labute approximate surface area is 267 Å². The lowest BCUT2D eigenvalue weighted by molar-refractivity contribution is -0.326. The van der Waals surface area contributed by atoms with E-state index < -0.39 is 99.1 Å². The minimum Gasteiger partial charge on any atom is -0.465 e. The second-order valence-corrected chi connectivity index (χ2v) is 15.9. The van der Waals surface area contributed by atoms with Gasteiger partial charge in [-0.2, -0.15) is 0 Å². The number of carbonyl (C=O) groups is 3. The highest BCUT2D eigenvalue weighted by molar-refractivity contribution is 8.01. The first kappa shape index (κ1) is 34.9. The zero-order valence-corrected chi connectivity index (χ0v) is 27.4. The molecule has 254 valence electrons. The number of thioether (sulfide) groups is 1. The molecule has 4 unspecified atom stereocenters. The molecule has 10 atom stereocenters. The normalized spacial score (nSPS) is 43.3. The molecule has 0 spiro atoms. The first-order valence-electron chi connectivity index (χ1n) is 16.4. The molecule has 0 aromatic carbocycles. The summed E-state index contributed by atoms with van der Waals surface area (Å²) in [6, 6.07) is 0. The van der Waals surface area contributed by atoms with Gasteiger partial charge in [0.25, 0.3) is 0 Å². The number of hydrogen-bond donors (Lipinski definition) is 5. The molecular weight excluding hydrogens is 610 g/mol. The zero-order valence-electron chi connectivity index (χ0n) is 26.6. The maximum Gasteiger partial charge on any atom is 0.319 e. The van der Waals surface area contributed by atoms with Crippen LogP contribution in [-0.2, 0) is 19.1 Å². The highest BCUT2D eigenvalue weighted by atomic mass is 32.2. The van der Waals surface area contributed by atoms with Crippen molar-refractivity contribution in [3.63, 3.8) is 0 Å². The van der Waals surface area contributed by atoms with Gasteiger partial charge in [-0.25, -0.2) is 8.78 Å². The molecule has 4 fully saturated rings. The number of fused-ring (bicyclic) bond motifs is 5. The predicted molar refractivity (Wildman–Crippen MR) is 161 cm³/mol. The van der Waals surface area contributed by atoms with Crippen LogP contribution in [0.5, 0.6) is 0 Å². The monoisotopic (exact) mass is 658 g/mol. The Morgan fingerprint density at radius 2 is 1.76 bits per heavy atom. The van der Waals surface area contributed by atoms with Gasteiger partial charge in [0.1, 0.15) is 17.1 Å². The van der Waals surface area contributed by atoms with Crippen LogP contribution in [-0.4, -0.2) is 90.2 Å². The summed E-state index contributed by atoms with van der Waals surface area (Å²) >= 11 is 0.976. The Kier molecular flexibility index (Phi) is 9.00. The number of Topliss-reactive ketones (excluding diaryl/α,β-unsaturated/α-hetero) is 1. The fourth-order valence-corrected chi connectivity index (χ4v) is 11.7. The summed E-state index contributed by atoms with van der Waals surface area (Å²) < 4.78 is 39.1. The number of aliphatic hydroxyl groups excluding tert-OH is 1. The second-order valence-electron chi connectivity index (χ2n) is 14.7. The molecule has 1 aliphatic heterocycles. The van der Waals surface area contributed by atoms with E-state index in [0.717, 1.165) is 17.8 Å². The maximum absolute atomic E-state index is 17.9. The molecule has 0 bridgehead atoms. The van der Waals surface area contributed by atoms with Gasteiger partial charge in [0.2, 0.25) is 0 Å². The second kappa shape index (κ2) is 11.6. The van der Waals surface area contributed by atoms with Gasteiger partial charge in [0, 0.05) is 42.9 Å². The smallest absolute Gasteiger partial charge is 0.319 e. The molecule has 12 heteroatoms. The number of alkyl halides is 2. The summed E-state index contributed by atoms with van der Waals surface area (Å²) in [5.41, 5.74) is -7.93. The third-order valence-corrected chi connectivity index (χ3v) is 13.7. The van der Waals surface area contributed by atoms with Gasteiger partial charge in [0.05, 0.1) is 23.9 Å². The maximum atomic E-state index is 17.9. The van der Waals surface area contributed by atoms with Crippen LogP contribution < -0.4 is 0 Å². The summed E-state index contributed by atoms with van der Waals surface area (Å²) in [5, 5.41) is 58.7. The Balaban J connectivity index is 1.71. The molecule has 0 aromatic heterocycles. The molecule has 5 aliphatic rings. The Bertz CT molecular complexity index is 1260. The average Bonchev–Trinajstić information content (AvgIpc) is 3.48. The quantitative estimate of drug-likeness (QED) is 0.174. The van der Waals surface area contributed by atoms with Gasteiger partial charge in [0.15, 0.2) is 23.1 Å². The number of aliphatic hydroxyl groups is 5. The van der Waals surface area contributed by atoms with Crippen molar-refractivity contribution in [2.75, 3.05) is 12.4 Å². The highest BCUT2D eigenvalue weighted by Gasteiger charge is 2.82. The summed E-state index contributed by atoms with van der Waals surface area (Å²) in [5.74, 6) is -11.1. The van der Waals surface area contributed by atoms with E-state index in [1.165, 1.54) is 6.92 Å². The van der Waals surface area contributed by atoms with E-state index in [2.05, 4.69) is 0 Å². The number of hydrogen-bond acceptors (Lipinski definition) is 10. The number of ether oxygens (including phenoxy) is 1. The van der Waals surface area contributed by atoms with E-state index in [0.29, 0.717) is 6.42 Å². The van der Waals surface area contributed by atoms with Crippen LogP contribution in [0.25, 0.3) is 0 Å². The molecule has 9 nitrogen and oxygen atoms in total. The number of rotatable bonds is 10. The van der Waals surface area contributed by atoms with Crippen molar-refractivity contribution in [3.8, 4) is 0 Å². The minimum absolute atomic E-state index is 0.00572. The molecule has 1 heterocycles. The summed E-state index contributed by atoms with van der Waals surface area (Å²) in [6.45, 7) is 6.66. The van der Waals surface area contributed by atoms with Crippen LogP contribution in [0.3, 0.4) is 0 Å². The highest BCUT2D eigenvalue weighted by Crippen LogP contribution is 2.77. The predicted octanol–water partition coefficient (Wildman–Crippen LogP) is 3.32. The number of halogens is 2. The average molecular weight is 659 g/mol. The van der Waals surface area contributed by atoms with E-state index in [9.17, 15) is 39.9 Å². The lowest BCUT2D eigenvalue weighted by Crippen LogP contribution is -2.73. The van der Waals surface area contributed by atoms with Gasteiger partial charge in [-0.05, 0) is 48.7 Å². The molecule has 4 aliphatic carbocycles. The molecule has 0 aromatic rings. The Morgan fingerprint density at radius 1 is 1.09 bits per heavy atom. The topological polar surface area (TPSA) is 162 Å². The SMILES string of the molecule is CCCC(O)(O)C1C[C@H]2[C@@H]3CC(F)C4=CC(=O)CC[C@]4(C)[C@@]3(F)C(O)C[C@]2(C)[C@]1(C(=O)CSC1CCOC1=O)C(O)(O)CCC. The molecular formula is C33H48F2O9S. The van der Waals surface area contributed by atoms with E-state index >= 15 is 8.78 Å². The van der Waals surface area contributed by atoms with Gasteiger partial charge in [-0.15, -0.1) is 11.8 Å².